The monoisotopic (exact) mass is 403 g/mol. The van der Waals surface area contributed by atoms with Crippen LogP contribution in [0.25, 0.3) is 10.8 Å². The summed E-state index contributed by atoms with van der Waals surface area (Å²) in [5, 5.41) is 1.90. The van der Waals surface area contributed by atoms with Crippen LogP contribution in [0.15, 0.2) is 67.0 Å². The Bertz CT molecular complexity index is 1050. The molecule has 6 nitrogen and oxygen atoms in total. The second-order valence-corrected chi connectivity index (χ2v) is 7.61. The summed E-state index contributed by atoms with van der Waals surface area (Å²) in [5.41, 5.74) is 0.673. The maximum Gasteiger partial charge on any atom is 0.263 e. The minimum atomic E-state index is -0.623. The van der Waals surface area contributed by atoms with Gasteiger partial charge in [0.15, 0.2) is 6.10 Å². The van der Waals surface area contributed by atoms with Crippen molar-refractivity contribution in [1.82, 2.24) is 14.8 Å². The van der Waals surface area contributed by atoms with Crippen LogP contribution in [0.5, 0.6) is 5.75 Å². The minimum absolute atomic E-state index is 0.00297. The number of piperazine rings is 1. The number of rotatable bonds is 4. The average Bonchev–Trinajstić information content (AvgIpc) is 2.79. The molecule has 2 heterocycles. The zero-order valence-electron chi connectivity index (χ0n) is 17.2. The number of aromatic nitrogens is 1. The van der Waals surface area contributed by atoms with Crippen LogP contribution in [0.2, 0.25) is 0 Å². The van der Waals surface area contributed by atoms with Crippen LogP contribution < -0.4 is 4.74 Å². The molecule has 0 saturated carbocycles. The lowest BCUT2D eigenvalue weighted by Crippen LogP contribution is -2.57. The highest BCUT2D eigenvalue weighted by atomic mass is 16.5. The molecule has 6 heteroatoms. The van der Waals surface area contributed by atoms with Gasteiger partial charge in [0.2, 0.25) is 0 Å². The van der Waals surface area contributed by atoms with E-state index in [2.05, 4.69) is 4.98 Å². The summed E-state index contributed by atoms with van der Waals surface area (Å²) in [6, 6.07) is 16.8. The SMILES string of the molecule is CC(Oc1cccc2cnccc12)C(=O)N1CCN(C(=O)c2ccccc2)C[C@H]1C. The Morgan fingerprint density at radius 3 is 2.63 bits per heavy atom. The number of ether oxygens (including phenoxy) is 1. The molecule has 0 bridgehead atoms. The van der Waals surface area contributed by atoms with Gasteiger partial charge in [0, 0.05) is 54.4 Å². The fraction of sp³-hybridized carbons (Fsp3) is 0.292. The van der Waals surface area contributed by atoms with E-state index in [0.717, 1.165) is 10.8 Å². The van der Waals surface area contributed by atoms with Crippen molar-refractivity contribution < 1.29 is 14.3 Å². The highest BCUT2D eigenvalue weighted by Gasteiger charge is 2.33. The molecule has 2 aromatic carbocycles. The normalized spacial score (nSPS) is 17.6. The smallest absolute Gasteiger partial charge is 0.263 e. The molecule has 4 rings (SSSR count). The van der Waals surface area contributed by atoms with Crippen LogP contribution in [-0.4, -0.2) is 58.4 Å². The Kier molecular flexibility index (Phi) is 5.65. The molecular formula is C24H25N3O3. The first-order valence-electron chi connectivity index (χ1n) is 10.2. The molecule has 30 heavy (non-hydrogen) atoms. The Morgan fingerprint density at radius 1 is 1.07 bits per heavy atom. The Labute approximate surface area is 176 Å². The van der Waals surface area contributed by atoms with Gasteiger partial charge in [-0.3, -0.25) is 14.6 Å². The Hall–Kier alpha value is -3.41. The zero-order chi connectivity index (χ0) is 21.1. The van der Waals surface area contributed by atoms with E-state index in [4.69, 9.17) is 4.74 Å². The molecule has 1 aliphatic heterocycles. The molecule has 154 valence electrons. The summed E-state index contributed by atoms with van der Waals surface area (Å²) in [6.45, 7) is 5.25. The van der Waals surface area contributed by atoms with Crippen LogP contribution >= 0.6 is 0 Å². The van der Waals surface area contributed by atoms with Crippen molar-refractivity contribution in [3.63, 3.8) is 0 Å². The van der Waals surface area contributed by atoms with E-state index < -0.39 is 6.10 Å². The predicted molar refractivity (Wildman–Crippen MR) is 115 cm³/mol. The molecule has 1 aromatic heterocycles. The van der Waals surface area contributed by atoms with Crippen molar-refractivity contribution in [2.24, 2.45) is 0 Å². The van der Waals surface area contributed by atoms with Gasteiger partial charge >= 0.3 is 0 Å². The van der Waals surface area contributed by atoms with Crippen molar-refractivity contribution in [3.8, 4) is 5.75 Å². The van der Waals surface area contributed by atoms with Gasteiger partial charge < -0.3 is 14.5 Å². The fourth-order valence-electron chi connectivity index (χ4n) is 3.90. The first kappa shape index (κ1) is 19.9. The van der Waals surface area contributed by atoms with E-state index in [-0.39, 0.29) is 17.9 Å². The predicted octanol–water partition coefficient (Wildman–Crippen LogP) is 3.38. The number of nitrogens with zero attached hydrogens (tertiary/aromatic N) is 3. The Morgan fingerprint density at radius 2 is 1.87 bits per heavy atom. The highest BCUT2D eigenvalue weighted by Crippen LogP contribution is 2.26. The number of carbonyl (C=O) groups is 2. The lowest BCUT2D eigenvalue weighted by Gasteiger charge is -2.40. The number of benzene rings is 2. The van der Waals surface area contributed by atoms with Gasteiger partial charge in [-0.1, -0.05) is 30.3 Å². The second kappa shape index (κ2) is 8.53. The van der Waals surface area contributed by atoms with Crippen molar-refractivity contribution in [1.29, 1.82) is 0 Å². The largest absolute Gasteiger partial charge is 0.480 e. The summed E-state index contributed by atoms with van der Waals surface area (Å²) in [7, 11) is 0. The number of hydrogen-bond donors (Lipinski definition) is 0. The van der Waals surface area contributed by atoms with E-state index in [9.17, 15) is 9.59 Å². The van der Waals surface area contributed by atoms with E-state index in [1.165, 1.54) is 0 Å². The van der Waals surface area contributed by atoms with E-state index in [0.29, 0.717) is 30.9 Å². The van der Waals surface area contributed by atoms with Crippen molar-refractivity contribution in [3.05, 3.63) is 72.6 Å². The van der Waals surface area contributed by atoms with Crippen molar-refractivity contribution in [2.45, 2.75) is 26.0 Å². The van der Waals surface area contributed by atoms with Gasteiger partial charge in [-0.25, -0.2) is 0 Å². The molecule has 0 N–H and O–H groups in total. The summed E-state index contributed by atoms with van der Waals surface area (Å²) < 4.78 is 6.04. The third-order valence-corrected chi connectivity index (χ3v) is 5.51. The standard InChI is InChI=1S/C24H25N3O3/c1-17-16-26(24(29)19-7-4-3-5-8-19)13-14-27(17)23(28)18(2)30-22-10-6-9-20-15-25-12-11-21(20)22/h3-12,15,17-18H,13-14,16H2,1-2H3/t17-,18?/m1/s1. The molecule has 2 amide bonds. The topological polar surface area (TPSA) is 62.7 Å². The molecule has 1 unspecified atom stereocenters. The van der Waals surface area contributed by atoms with E-state index in [1.54, 1.807) is 19.3 Å². The third kappa shape index (κ3) is 3.99. The number of amides is 2. The molecule has 2 atom stereocenters. The lowest BCUT2D eigenvalue weighted by atomic mass is 10.1. The fourth-order valence-corrected chi connectivity index (χ4v) is 3.90. The van der Waals surface area contributed by atoms with Gasteiger partial charge in [-0.05, 0) is 38.1 Å². The molecule has 3 aromatic rings. The number of carbonyl (C=O) groups excluding carboxylic acids is 2. The lowest BCUT2D eigenvalue weighted by molar-refractivity contribution is -0.142. The van der Waals surface area contributed by atoms with Crippen LogP contribution in [0, 0.1) is 0 Å². The number of fused-ring (bicyclic) bond motifs is 1. The molecule has 0 radical (unpaired) electrons. The van der Waals surface area contributed by atoms with Crippen molar-refractivity contribution >= 4 is 22.6 Å². The third-order valence-electron chi connectivity index (χ3n) is 5.51. The van der Waals surface area contributed by atoms with Crippen LogP contribution in [0.4, 0.5) is 0 Å². The molecule has 0 aliphatic carbocycles. The maximum absolute atomic E-state index is 13.1. The van der Waals surface area contributed by atoms with Crippen LogP contribution in [0.3, 0.4) is 0 Å². The van der Waals surface area contributed by atoms with E-state index >= 15 is 0 Å². The van der Waals surface area contributed by atoms with Gasteiger partial charge in [0.05, 0.1) is 0 Å². The van der Waals surface area contributed by atoms with Gasteiger partial charge in [0.1, 0.15) is 5.75 Å². The molecular weight excluding hydrogens is 378 g/mol. The van der Waals surface area contributed by atoms with Gasteiger partial charge in [-0.2, -0.15) is 0 Å². The number of pyridine rings is 1. The van der Waals surface area contributed by atoms with Crippen LogP contribution in [0.1, 0.15) is 24.2 Å². The summed E-state index contributed by atoms with van der Waals surface area (Å²) in [6.07, 6.45) is 2.87. The molecule has 1 aliphatic rings. The van der Waals surface area contributed by atoms with Gasteiger partial charge in [-0.15, -0.1) is 0 Å². The zero-order valence-corrected chi connectivity index (χ0v) is 17.2. The first-order valence-corrected chi connectivity index (χ1v) is 10.2. The highest BCUT2D eigenvalue weighted by molar-refractivity contribution is 5.94. The molecule has 1 fully saturated rings. The average molecular weight is 403 g/mol. The van der Waals surface area contributed by atoms with Crippen LogP contribution in [-0.2, 0) is 4.79 Å². The minimum Gasteiger partial charge on any atom is -0.480 e. The first-order chi connectivity index (χ1) is 14.5. The molecule has 0 spiro atoms. The van der Waals surface area contributed by atoms with E-state index in [1.807, 2.05) is 71.3 Å². The van der Waals surface area contributed by atoms with Crippen molar-refractivity contribution in [2.75, 3.05) is 19.6 Å². The Balaban J connectivity index is 1.42. The quantitative estimate of drug-likeness (QED) is 0.670. The van der Waals surface area contributed by atoms with Gasteiger partial charge in [0.25, 0.3) is 11.8 Å². The summed E-state index contributed by atoms with van der Waals surface area (Å²) >= 11 is 0. The second-order valence-electron chi connectivity index (χ2n) is 7.61. The summed E-state index contributed by atoms with van der Waals surface area (Å²) in [4.78, 5) is 33.6. The maximum atomic E-state index is 13.1. The number of hydrogen-bond acceptors (Lipinski definition) is 4. The summed E-state index contributed by atoms with van der Waals surface area (Å²) in [5.74, 6) is 0.602. The molecule has 1 saturated heterocycles.